The number of aromatic nitrogens is 2. The van der Waals surface area contributed by atoms with E-state index in [4.69, 9.17) is 5.11 Å². The number of carbonyl (C=O) groups excluding carboxylic acids is 2. The SMILES string of the molecule is O=CCN(Cc1ncc(-c2ccccc2)cn1)C(=O)C(=O)O. The quantitative estimate of drug-likeness (QED) is 0.646. The summed E-state index contributed by atoms with van der Waals surface area (Å²) in [5.74, 6) is -2.53. The van der Waals surface area contributed by atoms with Gasteiger partial charge in [0, 0.05) is 18.0 Å². The van der Waals surface area contributed by atoms with E-state index in [-0.39, 0.29) is 18.9 Å². The van der Waals surface area contributed by atoms with Gasteiger partial charge in [0.25, 0.3) is 0 Å². The molecule has 0 atom stereocenters. The Bertz CT molecular complexity index is 671. The van der Waals surface area contributed by atoms with Crippen LogP contribution in [-0.2, 0) is 20.9 Å². The van der Waals surface area contributed by atoms with Crippen molar-refractivity contribution in [3.05, 3.63) is 48.5 Å². The summed E-state index contributed by atoms with van der Waals surface area (Å²) in [6.45, 7) is -0.464. The molecule has 0 fully saturated rings. The third kappa shape index (κ3) is 3.72. The predicted octanol–water partition coefficient (Wildman–Crippen LogP) is 0.756. The zero-order chi connectivity index (χ0) is 15.9. The molecule has 1 N–H and O–H groups in total. The van der Waals surface area contributed by atoms with Gasteiger partial charge in [-0.1, -0.05) is 30.3 Å². The maximum absolute atomic E-state index is 11.4. The molecule has 0 aliphatic carbocycles. The molecule has 112 valence electrons. The van der Waals surface area contributed by atoms with Gasteiger partial charge >= 0.3 is 11.9 Å². The molecule has 0 unspecified atom stereocenters. The van der Waals surface area contributed by atoms with E-state index in [1.54, 1.807) is 12.4 Å². The first-order chi connectivity index (χ1) is 10.6. The van der Waals surface area contributed by atoms with Crippen LogP contribution in [0.1, 0.15) is 5.82 Å². The summed E-state index contributed by atoms with van der Waals surface area (Å²) in [4.78, 5) is 41.8. The largest absolute Gasteiger partial charge is 0.474 e. The molecule has 7 nitrogen and oxygen atoms in total. The Morgan fingerprint density at radius 1 is 1.09 bits per heavy atom. The number of hydrogen-bond acceptors (Lipinski definition) is 5. The molecular weight excluding hydrogens is 286 g/mol. The highest BCUT2D eigenvalue weighted by molar-refractivity contribution is 6.31. The summed E-state index contributed by atoms with van der Waals surface area (Å²) in [7, 11) is 0. The van der Waals surface area contributed by atoms with Crippen LogP contribution < -0.4 is 0 Å². The van der Waals surface area contributed by atoms with Crippen LogP contribution in [0, 0.1) is 0 Å². The Morgan fingerprint density at radius 2 is 1.73 bits per heavy atom. The monoisotopic (exact) mass is 299 g/mol. The van der Waals surface area contributed by atoms with Gasteiger partial charge in [-0.05, 0) is 5.56 Å². The van der Waals surface area contributed by atoms with E-state index in [0.29, 0.717) is 6.29 Å². The highest BCUT2D eigenvalue weighted by atomic mass is 16.4. The zero-order valence-electron chi connectivity index (χ0n) is 11.5. The topological polar surface area (TPSA) is 100 Å². The number of nitrogens with zero attached hydrogens (tertiary/aromatic N) is 3. The van der Waals surface area contributed by atoms with Crippen molar-refractivity contribution < 1.29 is 19.5 Å². The molecule has 2 rings (SSSR count). The third-order valence-electron chi connectivity index (χ3n) is 2.91. The summed E-state index contributed by atoms with van der Waals surface area (Å²) < 4.78 is 0. The van der Waals surface area contributed by atoms with Crippen molar-refractivity contribution in [2.24, 2.45) is 0 Å². The van der Waals surface area contributed by atoms with Crippen molar-refractivity contribution in [1.29, 1.82) is 0 Å². The smallest absolute Gasteiger partial charge is 0.394 e. The lowest BCUT2D eigenvalue weighted by molar-refractivity contribution is -0.156. The number of aldehydes is 1. The summed E-state index contributed by atoms with van der Waals surface area (Å²) >= 11 is 0. The minimum absolute atomic E-state index is 0.140. The Kier molecular flexibility index (Phi) is 4.92. The first-order valence-electron chi connectivity index (χ1n) is 6.44. The van der Waals surface area contributed by atoms with E-state index in [2.05, 4.69) is 9.97 Å². The average Bonchev–Trinajstić information content (AvgIpc) is 2.55. The second-order valence-electron chi connectivity index (χ2n) is 4.41. The second-order valence-corrected chi connectivity index (χ2v) is 4.41. The fraction of sp³-hybridized carbons (Fsp3) is 0.133. The maximum atomic E-state index is 11.4. The van der Waals surface area contributed by atoms with Crippen molar-refractivity contribution in [2.75, 3.05) is 6.54 Å². The van der Waals surface area contributed by atoms with Crippen LogP contribution in [0.25, 0.3) is 11.1 Å². The van der Waals surface area contributed by atoms with Gasteiger partial charge in [0.15, 0.2) is 0 Å². The minimum Gasteiger partial charge on any atom is -0.474 e. The lowest BCUT2D eigenvalue weighted by atomic mass is 10.1. The normalized spacial score (nSPS) is 10.0. The molecule has 0 radical (unpaired) electrons. The second kappa shape index (κ2) is 7.07. The Morgan fingerprint density at radius 3 is 2.27 bits per heavy atom. The van der Waals surface area contributed by atoms with Crippen LogP contribution in [0.5, 0.6) is 0 Å². The van der Waals surface area contributed by atoms with E-state index in [0.717, 1.165) is 16.0 Å². The highest BCUT2D eigenvalue weighted by Gasteiger charge is 2.21. The number of rotatable bonds is 5. The molecule has 1 amide bonds. The molecule has 1 aromatic carbocycles. The summed E-state index contributed by atoms with van der Waals surface area (Å²) in [5, 5.41) is 8.70. The van der Waals surface area contributed by atoms with Crippen molar-refractivity contribution >= 4 is 18.2 Å². The van der Waals surface area contributed by atoms with Gasteiger partial charge in [-0.15, -0.1) is 0 Å². The summed E-state index contributed by atoms with van der Waals surface area (Å²) in [6.07, 6.45) is 3.63. The first-order valence-corrected chi connectivity index (χ1v) is 6.44. The summed E-state index contributed by atoms with van der Waals surface area (Å²) in [6, 6.07) is 9.49. The number of benzene rings is 1. The molecule has 0 aliphatic rings. The standard InChI is InChI=1S/C15H13N3O4/c19-7-6-18(14(20)15(21)22)10-13-16-8-12(9-17-13)11-4-2-1-3-5-11/h1-5,7-9H,6,10H2,(H,21,22). The van der Waals surface area contributed by atoms with Crippen LogP contribution in [0.3, 0.4) is 0 Å². The lowest BCUT2D eigenvalue weighted by Crippen LogP contribution is -2.37. The molecule has 2 aromatic rings. The average molecular weight is 299 g/mol. The lowest BCUT2D eigenvalue weighted by Gasteiger charge is -2.16. The van der Waals surface area contributed by atoms with Crippen molar-refractivity contribution in [1.82, 2.24) is 14.9 Å². The van der Waals surface area contributed by atoms with Crippen molar-refractivity contribution in [2.45, 2.75) is 6.54 Å². The number of carboxylic acid groups (broad SMARTS) is 1. The molecule has 1 heterocycles. The van der Waals surface area contributed by atoms with Crippen molar-refractivity contribution in [3.8, 4) is 11.1 Å². The molecule has 0 bridgehead atoms. The third-order valence-corrected chi connectivity index (χ3v) is 2.91. The van der Waals surface area contributed by atoms with Crippen LogP contribution in [-0.4, -0.2) is 44.7 Å². The first kappa shape index (κ1) is 15.3. The van der Waals surface area contributed by atoms with Crippen LogP contribution in [0.2, 0.25) is 0 Å². The van der Waals surface area contributed by atoms with Crippen molar-refractivity contribution in [3.63, 3.8) is 0 Å². The summed E-state index contributed by atoms with van der Waals surface area (Å²) in [5.41, 5.74) is 1.75. The van der Waals surface area contributed by atoms with Gasteiger partial charge < -0.3 is 14.8 Å². The van der Waals surface area contributed by atoms with E-state index in [9.17, 15) is 14.4 Å². The van der Waals surface area contributed by atoms with Crippen LogP contribution in [0.15, 0.2) is 42.7 Å². The zero-order valence-corrected chi connectivity index (χ0v) is 11.5. The van der Waals surface area contributed by atoms with E-state index < -0.39 is 11.9 Å². The van der Waals surface area contributed by atoms with Gasteiger partial charge in [-0.2, -0.15) is 0 Å². The van der Waals surface area contributed by atoms with E-state index in [1.165, 1.54) is 0 Å². The van der Waals surface area contributed by atoms with Gasteiger partial charge in [0.1, 0.15) is 12.1 Å². The number of hydrogen-bond donors (Lipinski definition) is 1. The van der Waals surface area contributed by atoms with Gasteiger partial charge in [-0.25, -0.2) is 14.8 Å². The number of carboxylic acids is 1. The molecule has 0 spiro atoms. The Labute approximate surface area is 126 Å². The fourth-order valence-corrected chi connectivity index (χ4v) is 1.83. The Hall–Kier alpha value is -3.09. The van der Waals surface area contributed by atoms with E-state index >= 15 is 0 Å². The molecular formula is C15H13N3O4. The molecule has 0 aliphatic heterocycles. The molecule has 0 saturated heterocycles. The van der Waals surface area contributed by atoms with Gasteiger partial charge in [0.2, 0.25) is 0 Å². The van der Waals surface area contributed by atoms with E-state index in [1.807, 2.05) is 30.3 Å². The molecule has 22 heavy (non-hydrogen) atoms. The highest BCUT2D eigenvalue weighted by Crippen LogP contribution is 2.16. The van der Waals surface area contributed by atoms with Gasteiger partial charge in [-0.3, -0.25) is 4.79 Å². The minimum atomic E-state index is -1.62. The fourth-order valence-electron chi connectivity index (χ4n) is 1.83. The molecule has 0 saturated carbocycles. The number of aliphatic carboxylic acids is 1. The van der Waals surface area contributed by atoms with Gasteiger partial charge in [0.05, 0.1) is 13.1 Å². The molecule has 7 heteroatoms. The number of amides is 1. The van der Waals surface area contributed by atoms with Crippen LogP contribution in [0.4, 0.5) is 0 Å². The predicted molar refractivity (Wildman–Crippen MR) is 76.6 cm³/mol. The Balaban J connectivity index is 2.14. The number of carbonyl (C=O) groups is 3. The van der Waals surface area contributed by atoms with Crippen LogP contribution >= 0.6 is 0 Å². The maximum Gasteiger partial charge on any atom is 0.394 e. The molecule has 1 aromatic heterocycles.